The minimum atomic E-state index is -0.0428. The second-order valence-electron chi connectivity index (χ2n) is 3.35. The SMILES string of the molecule is O=CC1C2CCC(O2)C1CO. The average molecular weight is 156 g/mol. The summed E-state index contributed by atoms with van der Waals surface area (Å²) in [5, 5.41) is 8.95. The zero-order valence-electron chi connectivity index (χ0n) is 6.27. The molecule has 0 aromatic carbocycles. The molecule has 0 amide bonds. The molecular weight excluding hydrogens is 144 g/mol. The van der Waals surface area contributed by atoms with Gasteiger partial charge in [0.05, 0.1) is 12.2 Å². The molecule has 4 unspecified atom stereocenters. The van der Waals surface area contributed by atoms with Gasteiger partial charge in [-0.05, 0) is 12.8 Å². The van der Waals surface area contributed by atoms with Crippen molar-refractivity contribution in [1.29, 1.82) is 0 Å². The van der Waals surface area contributed by atoms with Gasteiger partial charge in [-0.3, -0.25) is 0 Å². The normalized spacial score (nSPS) is 48.1. The summed E-state index contributed by atoms with van der Waals surface area (Å²) >= 11 is 0. The molecule has 4 atom stereocenters. The first kappa shape index (κ1) is 7.25. The first-order valence-electron chi connectivity index (χ1n) is 4.08. The number of carbonyl (C=O) groups is 1. The molecule has 1 N–H and O–H groups in total. The molecule has 0 aromatic rings. The molecule has 0 spiro atoms. The lowest BCUT2D eigenvalue weighted by atomic mass is 9.81. The summed E-state index contributed by atoms with van der Waals surface area (Å²) in [7, 11) is 0. The molecule has 2 aliphatic heterocycles. The number of aliphatic hydroxyl groups excluding tert-OH is 1. The second kappa shape index (κ2) is 2.57. The van der Waals surface area contributed by atoms with Crippen LogP contribution in [0.15, 0.2) is 0 Å². The Bertz CT molecular complexity index is 169. The van der Waals surface area contributed by atoms with Crippen LogP contribution in [0.3, 0.4) is 0 Å². The highest BCUT2D eigenvalue weighted by atomic mass is 16.5. The van der Waals surface area contributed by atoms with Crippen LogP contribution in [0.2, 0.25) is 0 Å². The van der Waals surface area contributed by atoms with Crippen LogP contribution in [0.4, 0.5) is 0 Å². The highest BCUT2D eigenvalue weighted by Crippen LogP contribution is 2.41. The van der Waals surface area contributed by atoms with Gasteiger partial charge >= 0.3 is 0 Å². The summed E-state index contributed by atoms with van der Waals surface area (Å²) in [4.78, 5) is 10.6. The van der Waals surface area contributed by atoms with E-state index in [4.69, 9.17) is 9.84 Å². The Morgan fingerprint density at radius 1 is 1.45 bits per heavy atom. The molecule has 0 radical (unpaired) electrons. The van der Waals surface area contributed by atoms with E-state index in [0.717, 1.165) is 19.1 Å². The van der Waals surface area contributed by atoms with E-state index >= 15 is 0 Å². The van der Waals surface area contributed by atoms with Crippen LogP contribution in [0, 0.1) is 11.8 Å². The molecule has 2 heterocycles. The van der Waals surface area contributed by atoms with Crippen LogP contribution in [-0.4, -0.2) is 30.2 Å². The molecule has 3 heteroatoms. The third kappa shape index (κ3) is 0.914. The molecule has 0 aliphatic carbocycles. The Morgan fingerprint density at radius 3 is 2.73 bits per heavy atom. The lowest BCUT2D eigenvalue weighted by Gasteiger charge is -2.20. The zero-order chi connectivity index (χ0) is 7.84. The maximum absolute atomic E-state index is 10.6. The second-order valence-corrected chi connectivity index (χ2v) is 3.35. The molecule has 2 fully saturated rings. The number of aldehydes is 1. The quantitative estimate of drug-likeness (QED) is 0.571. The van der Waals surface area contributed by atoms with Gasteiger partial charge in [-0.1, -0.05) is 0 Å². The lowest BCUT2D eigenvalue weighted by molar-refractivity contribution is -0.113. The minimum Gasteiger partial charge on any atom is -0.396 e. The topological polar surface area (TPSA) is 46.5 Å². The molecule has 2 saturated heterocycles. The average Bonchev–Trinajstić information content (AvgIpc) is 2.60. The van der Waals surface area contributed by atoms with E-state index in [1.165, 1.54) is 0 Å². The lowest BCUT2D eigenvalue weighted by Crippen LogP contribution is -2.30. The Balaban J connectivity index is 2.13. The van der Waals surface area contributed by atoms with Gasteiger partial charge < -0.3 is 14.6 Å². The zero-order valence-corrected chi connectivity index (χ0v) is 6.27. The van der Waals surface area contributed by atoms with E-state index < -0.39 is 0 Å². The predicted molar refractivity (Wildman–Crippen MR) is 38.0 cm³/mol. The van der Waals surface area contributed by atoms with Gasteiger partial charge in [-0.2, -0.15) is 0 Å². The summed E-state index contributed by atoms with van der Waals surface area (Å²) in [5.74, 6) is 0.0324. The maximum Gasteiger partial charge on any atom is 0.126 e. The summed E-state index contributed by atoms with van der Waals surface area (Å²) in [6.07, 6.45) is 3.20. The molecular formula is C8H12O3. The molecule has 0 aromatic heterocycles. The van der Waals surface area contributed by atoms with Crippen molar-refractivity contribution in [3.8, 4) is 0 Å². The van der Waals surface area contributed by atoms with Crippen molar-refractivity contribution in [2.75, 3.05) is 6.61 Å². The number of fused-ring (bicyclic) bond motifs is 2. The number of ether oxygens (including phenoxy) is 1. The third-order valence-electron chi connectivity index (χ3n) is 2.85. The first-order chi connectivity index (χ1) is 5.36. The van der Waals surface area contributed by atoms with Crippen molar-refractivity contribution in [3.05, 3.63) is 0 Å². The number of aliphatic hydroxyl groups is 1. The van der Waals surface area contributed by atoms with E-state index in [-0.39, 0.29) is 30.7 Å². The fourth-order valence-corrected chi connectivity index (χ4v) is 2.24. The van der Waals surface area contributed by atoms with Gasteiger partial charge in [0.15, 0.2) is 0 Å². The van der Waals surface area contributed by atoms with Crippen LogP contribution < -0.4 is 0 Å². The van der Waals surface area contributed by atoms with Crippen LogP contribution in [0.5, 0.6) is 0 Å². The monoisotopic (exact) mass is 156 g/mol. The Labute approximate surface area is 65.4 Å². The van der Waals surface area contributed by atoms with Gasteiger partial charge in [-0.25, -0.2) is 0 Å². The smallest absolute Gasteiger partial charge is 0.126 e. The summed E-state index contributed by atoms with van der Waals surface area (Å²) < 4.78 is 5.49. The predicted octanol–water partition coefficient (Wildman–Crippen LogP) is -0.0288. The molecule has 2 aliphatic rings. The van der Waals surface area contributed by atoms with Crippen molar-refractivity contribution in [2.24, 2.45) is 11.8 Å². The molecule has 3 nitrogen and oxygen atoms in total. The number of rotatable bonds is 2. The fraction of sp³-hybridized carbons (Fsp3) is 0.875. The van der Waals surface area contributed by atoms with Gasteiger partial charge in [0.2, 0.25) is 0 Å². The third-order valence-corrected chi connectivity index (χ3v) is 2.85. The molecule has 11 heavy (non-hydrogen) atoms. The van der Waals surface area contributed by atoms with Gasteiger partial charge in [0.1, 0.15) is 6.29 Å². The Kier molecular flexibility index (Phi) is 1.69. The van der Waals surface area contributed by atoms with Crippen LogP contribution in [-0.2, 0) is 9.53 Å². The van der Waals surface area contributed by atoms with E-state index in [2.05, 4.69) is 0 Å². The van der Waals surface area contributed by atoms with Crippen LogP contribution >= 0.6 is 0 Å². The van der Waals surface area contributed by atoms with Gasteiger partial charge in [0.25, 0.3) is 0 Å². The van der Waals surface area contributed by atoms with Crippen molar-refractivity contribution in [2.45, 2.75) is 25.0 Å². The highest BCUT2D eigenvalue weighted by molar-refractivity contribution is 5.56. The van der Waals surface area contributed by atoms with Gasteiger partial charge in [-0.15, -0.1) is 0 Å². The summed E-state index contributed by atoms with van der Waals surface area (Å²) in [6.45, 7) is 0.0879. The van der Waals surface area contributed by atoms with Gasteiger partial charge in [0, 0.05) is 18.4 Å². The minimum absolute atomic E-state index is 0.0428. The molecule has 62 valence electrons. The molecule has 2 rings (SSSR count). The molecule has 2 bridgehead atoms. The maximum atomic E-state index is 10.6. The van der Waals surface area contributed by atoms with Crippen LogP contribution in [0.1, 0.15) is 12.8 Å². The Morgan fingerprint density at radius 2 is 2.18 bits per heavy atom. The van der Waals surface area contributed by atoms with E-state index in [1.54, 1.807) is 0 Å². The number of hydrogen-bond acceptors (Lipinski definition) is 3. The van der Waals surface area contributed by atoms with E-state index in [1.807, 2.05) is 0 Å². The summed E-state index contributed by atoms with van der Waals surface area (Å²) in [5.41, 5.74) is 0. The first-order valence-corrected chi connectivity index (χ1v) is 4.08. The number of hydrogen-bond donors (Lipinski definition) is 1. The fourth-order valence-electron chi connectivity index (χ4n) is 2.24. The van der Waals surface area contributed by atoms with Crippen LogP contribution in [0.25, 0.3) is 0 Å². The van der Waals surface area contributed by atoms with Crippen molar-refractivity contribution < 1.29 is 14.6 Å². The largest absolute Gasteiger partial charge is 0.396 e. The van der Waals surface area contributed by atoms with E-state index in [9.17, 15) is 4.79 Å². The van der Waals surface area contributed by atoms with Crippen molar-refractivity contribution in [3.63, 3.8) is 0 Å². The van der Waals surface area contributed by atoms with Crippen molar-refractivity contribution in [1.82, 2.24) is 0 Å². The highest BCUT2D eigenvalue weighted by Gasteiger charge is 2.48. The number of carbonyl (C=O) groups excluding carboxylic acids is 1. The standard InChI is InChI=1S/C8H12O3/c9-3-5-6(4-10)8-2-1-7(5)11-8/h3,5-8,10H,1-2,4H2. The Hall–Kier alpha value is -0.410. The summed E-state index contributed by atoms with van der Waals surface area (Å²) in [6, 6.07) is 0. The molecule has 0 saturated carbocycles. The van der Waals surface area contributed by atoms with Crippen molar-refractivity contribution >= 4 is 6.29 Å². The van der Waals surface area contributed by atoms with E-state index in [0.29, 0.717) is 0 Å².